The number of hydrogen-bond acceptors (Lipinski definition) is 3. The van der Waals surface area contributed by atoms with Gasteiger partial charge in [0.25, 0.3) is 0 Å². The van der Waals surface area contributed by atoms with Gasteiger partial charge in [0.1, 0.15) is 0 Å². The monoisotopic (exact) mass is 227 g/mol. The van der Waals surface area contributed by atoms with E-state index in [0.717, 1.165) is 11.1 Å². The summed E-state index contributed by atoms with van der Waals surface area (Å²) in [5.41, 5.74) is 2.33. The third-order valence-electron chi connectivity index (χ3n) is 2.40. The first-order chi connectivity index (χ1) is 8.33. The molecule has 0 aliphatic heterocycles. The molecule has 1 aromatic heterocycles. The van der Waals surface area contributed by atoms with Gasteiger partial charge in [-0.15, -0.1) is 0 Å². The molecule has 0 unspecified atom stereocenters. The van der Waals surface area contributed by atoms with Gasteiger partial charge in [-0.1, -0.05) is 30.3 Å². The largest absolute Gasteiger partial charge is 0.462 e. The maximum atomic E-state index is 11.8. The van der Waals surface area contributed by atoms with Crippen molar-refractivity contribution < 1.29 is 9.53 Å². The van der Waals surface area contributed by atoms with E-state index in [0.29, 0.717) is 12.2 Å². The Morgan fingerprint density at radius 1 is 1.24 bits per heavy atom. The van der Waals surface area contributed by atoms with Gasteiger partial charge in [0.15, 0.2) is 0 Å². The molecule has 0 bridgehead atoms. The van der Waals surface area contributed by atoms with E-state index in [-0.39, 0.29) is 5.97 Å². The number of ether oxygens (including phenoxy) is 1. The van der Waals surface area contributed by atoms with Crippen molar-refractivity contribution in [3.63, 3.8) is 0 Å². The van der Waals surface area contributed by atoms with E-state index in [9.17, 15) is 4.79 Å². The van der Waals surface area contributed by atoms with Crippen molar-refractivity contribution in [3.05, 3.63) is 54.4 Å². The van der Waals surface area contributed by atoms with Crippen molar-refractivity contribution >= 4 is 5.97 Å². The molecule has 1 heterocycles. The van der Waals surface area contributed by atoms with Crippen LogP contribution in [0.5, 0.6) is 0 Å². The smallest absolute Gasteiger partial charge is 0.340 e. The number of hydrogen-bond donors (Lipinski definition) is 0. The number of carbonyl (C=O) groups excluding carboxylic acids is 1. The van der Waals surface area contributed by atoms with Crippen LogP contribution in [0.15, 0.2) is 48.8 Å². The molecular formula is C14H13NO2. The summed E-state index contributed by atoms with van der Waals surface area (Å²) in [5, 5.41) is 0. The highest BCUT2D eigenvalue weighted by molar-refractivity contribution is 5.96. The zero-order valence-electron chi connectivity index (χ0n) is 9.59. The first-order valence-electron chi connectivity index (χ1n) is 5.49. The van der Waals surface area contributed by atoms with Crippen molar-refractivity contribution in [2.75, 3.05) is 6.61 Å². The van der Waals surface area contributed by atoms with Crippen molar-refractivity contribution in [2.24, 2.45) is 0 Å². The summed E-state index contributed by atoms with van der Waals surface area (Å²) in [6.45, 7) is 2.15. The number of aromatic nitrogens is 1. The zero-order valence-corrected chi connectivity index (χ0v) is 9.59. The topological polar surface area (TPSA) is 39.2 Å². The molecule has 0 N–H and O–H groups in total. The molecule has 17 heavy (non-hydrogen) atoms. The lowest BCUT2D eigenvalue weighted by molar-refractivity contribution is 0.0527. The number of esters is 1. The maximum Gasteiger partial charge on any atom is 0.340 e. The predicted octanol–water partition coefficient (Wildman–Crippen LogP) is 2.93. The van der Waals surface area contributed by atoms with E-state index >= 15 is 0 Å². The fourth-order valence-corrected chi connectivity index (χ4v) is 1.64. The molecule has 0 aliphatic rings. The SMILES string of the molecule is CCOC(=O)c1cnccc1-c1ccccc1. The Morgan fingerprint density at radius 2 is 2.00 bits per heavy atom. The second-order valence-electron chi connectivity index (χ2n) is 3.51. The summed E-state index contributed by atoms with van der Waals surface area (Å²) in [6.07, 6.45) is 3.21. The third kappa shape index (κ3) is 2.50. The molecule has 2 rings (SSSR count). The minimum Gasteiger partial charge on any atom is -0.462 e. The fourth-order valence-electron chi connectivity index (χ4n) is 1.64. The molecule has 0 radical (unpaired) electrons. The molecule has 0 amide bonds. The van der Waals surface area contributed by atoms with Crippen LogP contribution in [0.25, 0.3) is 11.1 Å². The lowest BCUT2D eigenvalue weighted by atomic mass is 10.0. The van der Waals surface area contributed by atoms with E-state index in [1.807, 2.05) is 36.4 Å². The number of rotatable bonds is 3. The van der Waals surface area contributed by atoms with Gasteiger partial charge >= 0.3 is 5.97 Å². The van der Waals surface area contributed by atoms with Gasteiger partial charge in [0.05, 0.1) is 12.2 Å². The van der Waals surface area contributed by atoms with Crippen LogP contribution in [0.2, 0.25) is 0 Å². The van der Waals surface area contributed by atoms with Crippen LogP contribution in [-0.4, -0.2) is 17.6 Å². The maximum absolute atomic E-state index is 11.8. The summed E-state index contributed by atoms with van der Waals surface area (Å²) in [7, 11) is 0. The Bertz CT molecular complexity index is 509. The Labute approximate surface area is 100 Å². The first-order valence-corrected chi connectivity index (χ1v) is 5.49. The van der Waals surface area contributed by atoms with Crippen molar-refractivity contribution in [3.8, 4) is 11.1 Å². The number of pyridine rings is 1. The molecule has 0 spiro atoms. The first kappa shape index (κ1) is 11.3. The normalized spacial score (nSPS) is 9.94. The Hall–Kier alpha value is -2.16. The van der Waals surface area contributed by atoms with Gasteiger partial charge in [-0.05, 0) is 24.1 Å². The van der Waals surface area contributed by atoms with Gasteiger partial charge < -0.3 is 4.74 Å². The van der Waals surface area contributed by atoms with E-state index in [2.05, 4.69) is 4.98 Å². The van der Waals surface area contributed by atoms with Crippen LogP contribution >= 0.6 is 0 Å². The van der Waals surface area contributed by atoms with Gasteiger partial charge in [-0.2, -0.15) is 0 Å². The lowest BCUT2D eigenvalue weighted by Gasteiger charge is -2.07. The van der Waals surface area contributed by atoms with Crippen molar-refractivity contribution in [2.45, 2.75) is 6.92 Å². The molecule has 3 nitrogen and oxygen atoms in total. The zero-order chi connectivity index (χ0) is 12.1. The summed E-state index contributed by atoms with van der Waals surface area (Å²) >= 11 is 0. The molecular weight excluding hydrogens is 214 g/mol. The molecule has 1 aromatic carbocycles. The number of nitrogens with zero attached hydrogens (tertiary/aromatic N) is 1. The molecule has 0 atom stereocenters. The van der Waals surface area contributed by atoms with Crippen LogP contribution in [-0.2, 0) is 4.74 Å². The highest BCUT2D eigenvalue weighted by Gasteiger charge is 2.13. The lowest BCUT2D eigenvalue weighted by Crippen LogP contribution is -2.06. The van der Waals surface area contributed by atoms with Crippen LogP contribution in [0.3, 0.4) is 0 Å². The summed E-state index contributed by atoms with van der Waals surface area (Å²) in [4.78, 5) is 15.7. The average molecular weight is 227 g/mol. The van der Waals surface area contributed by atoms with Gasteiger partial charge in [-0.3, -0.25) is 4.98 Å². The minimum absolute atomic E-state index is 0.334. The Kier molecular flexibility index (Phi) is 3.50. The van der Waals surface area contributed by atoms with Crippen molar-refractivity contribution in [1.29, 1.82) is 0 Å². The summed E-state index contributed by atoms with van der Waals surface area (Å²) in [6, 6.07) is 11.5. The molecule has 0 saturated carbocycles. The molecule has 2 aromatic rings. The van der Waals surface area contributed by atoms with Crippen LogP contribution < -0.4 is 0 Å². The Morgan fingerprint density at radius 3 is 2.71 bits per heavy atom. The minimum atomic E-state index is -0.334. The third-order valence-corrected chi connectivity index (χ3v) is 2.40. The fraction of sp³-hybridized carbons (Fsp3) is 0.143. The molecule has 0 aliphatic carbocycles. The molecule has 3 heteroatoms. The van der Waals surface area contributed by atoms with Crippen molar-refractivity contribution in [1.82, 2.24) is 4.98 Å². The van der Waals surface area contributed by atoms with Gasteiger partial charge in [-0.25, -0.2) is 4.79 Å². The number of carbonyl (C=O) groups is 1. The van der Waals surface area contributed by atoms with Gasteiger partial charge in [0.2, 0.25) is 0 Å². The van der Waals surface area contributed by atoms with Crippen LogP contribution in [0, 0.1) is 0 Å². The molecule has 86 valence electrons. The highest BCUT2D eigenvalue weighted by Crippen LogP contribution is 2.22. The van der Waals surface area contributed by atoms with E-state index in [4.69, 9.17) is 4.74 Å². The van der Waals surface area contributed by atoms with E-state index in [1.165, 1.54) is 0 Å². The van der Waals surface area contributed by atoms with E-state index in [1.54, 1.807) is 19.3 Å². The summed E-state index contributed by atoms with van der Waals surface area (Å²) in [5.74, 6) is -0.334. The molecule has 0 saturated heterocycles. The predicted molar refractivity (Wildman–Crippen MR) is 65.6 cm³/mol. The quantitative estimate of drug-likeness (QED) is 0.757. The van der Waals surface area contributed by atoms with Crippen LogP contribution in [0.4, 0.5) is 0 Å². The molecule has 0 fully saturated rings. The van der Waals surface area contributed by atoms with Gasteiger partial charge in [0, 0.05) is 12.4 Å². The van der Waals surface area contributed by atoms with Crippen LogP contribution in [0.1, 0.15) is 17.3 Å². The Balaban J connectivity index is 2.45. The standard InChI is InChI=1S/C14H13NO2/c1-2-17-14(16)13-10-15-9-8-12(13)11-6-4-3-5-7-11/h3-10H,2H2,1H3. The van der Waals surface area contributed by atoms with E-state index < -0.39 is 0 Å². The highest BCUT2D eigenvalue weighted by atomic mass is 16.5. The summed E-state index contributed by atoms with van der Waals surface area (Å²) < 4.78 is 5.01. The average Bonchev–Trinajstić information content (AvgIpc) is 2.40. The second kappa shape index (κ2) is 5.25. The second-order valence-corrected chi connectivity index (χ2v) is 3.51. The number of benzene rings is 1.